The van der Waals surface area contributed by atoms with Gasteiger partial charge in [0, 0.05) is 23.3 Å². The summed E-state index contributed by atoms with van der Waals surface area (Å²) in [4.78, 5) is 6.85. The largest absolute Gasteiger partial charge is 0.322 e. The molecule has 2 rings (SSSR count). The number of benzene rings is 1. The highest BCUT2D eigenvalue weighted by atomic mass is 15.2. The first-order valence-electron chi connectivity index (χ1n) is 7.91. The fraction of sp³-hybridized carbons (Fsp3) is 0.500. The van der Waals surface area contributed by atoms with E-state index in [1.807, 2.05) is 18.5 Å². The Hall–Kier alpha value is -1.45. The number of hydrogen-bond acceptors (Lipinski definition) is 3. The summed E-state index contributed by atoms with van der Waals surface area (Å²) < 4.78 is 0. The minimum atomic E-state index is -0.0602. The maximum atomic E-state index is 6.72. The van der Waals surface area contributed by atoms with Crippen LogP contribution in [0.15, 0.2) is 36.7 Å². The van der Waals surface area contributed by atoms with Gasteiger partial charge in [0.2, 0.25) is 0 Å². The SMILES string of the molecule is CCN(CC)C(C)(CC)C(N)c1cncc2ccccc12. The maximum Gasteiger partial charge on any atom is 0.0500 e. The van der Waals surface area contributed by atoms with E-state index in [-0.39, 0.29) is 11.6 Å². The normalized spacial score (nSPS) is 16.1. The molecule has 2 atom stereocenters. The Kier molecular flexibility index (Phi) is 4.96. The van der Waals surface area contributed by atoms with E-state index in [0.717, 1.165) is 30.5 Å². The lowest BCUT2D eigenvalue weighted by molar-refractivity contribution is 0.0848. The van der Waals surface area contributed by atoms with Crippen LogP contribution in [-0.4, -0.2) is 28.5 Å². The van der Waals surface area contributed by atoms with Gasteiger partial charge in [0.1, 0.15) is 0 Å². The number of pyridine rings is 1. The predicted octanol–water partition coefficient (Wildman–Crippen LogP) is 3.75. The van der Waals surface area contributed by atoms with Crippen molar-refractivity contribution in [1.82, 2.24) is 9.88 Å². The molecule has 114 valence electrons. The molecular weight excluding hydrogens is 258 g/mol. The van der Waals surface area contributed by atoms with Crippen molar-refractivity contribution in [3.05, 3.63) is 42.2 Å². The van der Waals surface area contributed by atoms with E-state index in [4.69, 9.17) is 5.73 Å². The molecule has 21 heavy (non-hydrogen) atoms. The molecule has 0 amide bonds. The zero-order valence-electron chi connectivity index (χ0n) is 13.6. The Morgan fingerprint density at radius 1 is 1.14 bits per heavy atom. The van der Waals surface area contributed by atoms with Gasteiger partial charge in [-0.05, 0) is 37.4 Å². The molecule has 0 spiro atoms. The molecule has 1 aromatic carbocycles. The van der Waals surface area contributed by atoms with Crippen LogP contribution < -0.4 is 5.73 Å². The second kappa shape index (κ2) is 6.54. The number of nitrogens with zero attached hydrogens (tertiary/aromatic N) is 2. The average Bonchev–Trinajstić information content (AvgIpc) is 2.54. The Balaban J connectivity index is 2.52. The topological polar surface area (TPSA) is 42.1 Å². The molecule has 2 unspecified atom stereocenters. The van der Waals surface area contributed by atoms with Crippen LogP contribution in [0.3, 0.4) is 0 Å². The summed E-state index contributed by atoms with van der Waals surface area (Å²) in [7, 11) is 0. The molecule has 3 nitrogen and oxygen atoms in total. The van der Waals surface area contributed by atoms with Crippen molar-refractivity contribution in [3.63, 3.8) is 0 Å². The standard InChI is InChI=1S/C18H27N3/c1-5-18(4,21(6-2)7-3)17(19)16-13-20-12-14-10-8-9-11-15(14)16/h8-13,17H,5-7,19H2,1-4H3. The number of likely N-dealkylation sites (N-methyl/N-ethyl adjacent to an activating group) is 1. The third-order valence-electron chi connectivity index (χ3n) is 4.91. The van der Waals surface area contributed by atoms with Gasteiger partial charge in [0.05, 0.1) is 6.04 Å². The Bertz CT molecular complexity index is 587. The summed E-state index contributed by atoms with van der Waals surface area (Å²) in [6, 6.07) is 8.30. The van der Waals surface area contributed by atoms with E-state index < -0.39 is 0 Å². The summed E-state index contributed by atoms with van der Waals surface area (Å²) in [5.74, 6) is 0. The van der Waals surface area contributed by atoms with Gasteiger partial charge in [-0.15, -0.1) is 0 Å². The maximum absolute atomic E-state index is 6.72. The van der Waals surface area contributed by atoms with Crippen molar-refractivity contribution in [2.75, 3.05) is 13.1 Å². The highest BCUT2D eigenvalue weighted by Crippen LogP contribution is 2.35. The van der Waals surface area contributed by atoms with E-state index in [1.165, 1.54) is 5.39 Å². The van der Waals surface area contributed by atoms with Gasteiger partial charge in [-0.1, -0.05) is 45.0 Å². The van der Waals surface area contributed by atoms with E-state index in [2.05, 4.69) is 55.8 Å². The fourth-order valence-electron chi connectivity index (χ4n) is 3.31. The monoisotopic (exact) mass is 285 g/mol. The predicted molar refractivity (Wildman–Crippen MR) is 90.3 cm³/mol. The Morgan fingerprint density at radius 3 is 2.43 bits per heavy atom. The molecule has 0 bridgehead atoms. The van der Waals surface area contributed by atoms with Crippen LogP contribution in [0, 0.1) is 0 Å². The number of nitrogens with two attached hydrogens (primary N) is 1. The van der Waals surface area contributed by atoms with Crippen molar-refractivity contribution in [2.24, 2.45) is 5.73 Å². The third kappa shape index (κ3) is 2.81. The summed E-state index contributed by atoms with van der Waals surface area (Å²) in [6.07, 6.45) is 4.86. The number of hydrogen-bond donors (Lipinski definition) is 1. The van der Waals surface area contributed by atoms with Gasteiger partial charge in [-0.2, -0.15) is 0 Å². The molecule has 0 aliphatic heterocycles. The molecule has 0 radical (unpaired) electrons. The first kappa shape index (κ1) is 15.9. The van der Waals surface area contributed by atoms with Gasteiger partial charge >= 0.3 is 0 Å². The van der Waals surface area contributed by atoms with Gasteiger partial charge in [-0.25, -0.2) is 0 Å². The minimum Gasteiger partial charge on any atom is -0.322 e. The second-order valence-corrected chi connectivity index (χ2v) is 5.81. The molecule has 1 aromatic heterocycles. The van der Waals surface area contributed by atoms with Gasteiger partial charge < -0.3 is 5.73 Å². The van der Waals surface area contributed by atoms with Crippen LogP contribution in [-0.2, 0) is 0 Å². The lowest BCUT2D eigenvalue weighted by Crippen LogP contribution is -2.53. The summed E-state index contributed by atoms with van der Waals surface area (Å²) in [6.45, 7) is 10.9. The Labute approximate surface area is 128 Å². The average molecular weight is 285 g/mol. The molecule has 0 aliphatic carbocycles. The quantitative estimate of drug-likeness (QED) is 0.879. The van der Waals surface area contributed by atoms with Crippen molar-refractivity contribution in [2.45, 2.75) is 45.7 Å². The molecule has 0 aliphatic rings. The number of fused-ring (bicyclic) bond motifs is 1. The van der Waals surface area contributed by atoms with Gasteiger partial charge in [-0.3, -0.25) is 9.88 Å². The minimum absolute atomic E-state index is 0.0546. The van der Waals surface area contributed by atoms with Crippen molar-refractivity contribution < 1.29 is 0 Å². The van der Waals surface area contributed by atoms with Crippen LogP contribution in [0.2, 0.25) is 0 Å². The molecule has 0 saturated carbocycles. The van der Waals surface area contributed by atoms with Crippen LogP contribution >= 0.6 is 0 Å². The lowest BCUT2D eigenvalue weighted by atomic mass is 9.82. The lowest BCUT2D eigenvalue weighted by Gasteiger charge is -2.44. The van der Waals surface area contributed by atoms with E-state index in [0.29, 0.717) is 0 Å². The van der Waals surface area contributed by atoms with Crippen LogP contribution in [0.1, 0.15) is 45.7 Å². The third-order valence-corrected chi connectivity index (χ3v) is 4.91. The fourth-order valence-corrected chi connectivity index (χ4v) is 3.31. The smallest absolute Gasteiger partial charge is 0.0500 e. The van der Waals surface area contributed by atoms with Crippen LogP contribution in [0.4, 0.5) is 0 Å². The highest BCUT2D eigenvalue weighted by molar-refractivity contribution is 5.85. The van der Waals surface area contributed by atoms with Gasteiger partial charge in [0.25, 0.3) is 0 Å². The summed E-state index contributed by atoms with van der Waals surface area (Å²) in [5, 5.41) is 2.37. The summed E-state index contributed by atoms with van der Waals surface area (Å²) >= 11 is 0. The van der Waals surface area contributed by atoms with Crippen molar-refractivity contribution in [1.29, 1.82) is 0 Å². The molecule has 0 saturated heterocycles. The highest BCUT2D eigenvalue weighted by Gasteiger charge is 2.36. The van der Waals surface area contributed by atoms with Crippen LogP contribution in [0.25, 0.3) is 10.8 Å². The number of aromatic nitrogens is 1. The van der Waals surface area contributed by atoms with Crippen molar-refractivity contribution >= 4 is 10.8 Å². The molecule has 0 fully saturated rings. The van der Waals surface area contributed by atoms with Gasteiger partial charge in [0.15, 0.2) is 0 Å². The Morgan fingerprint density at radius 2 is 1.81 bits per heavy atom. The van der Waals surface area contributed by atoms with E-state index >= 15 is 0 Å². The molecular formula is C18H27N3. The first-order valence-corrected chi connectivity index (χ1v) is 7.91. The molecule has 2 aromatic rings. The summed E-state index contributed by atoms with van der Waals surface area (Å²) in [5.41, 5.74) is 7.80. The van der Waals surface area contributed by atoms with Crippen molar-refractivity contribution in [3.8, 4) is 0 Å². The second-order valence-electron chi connectivity index (χ2n) is 5.81. The van der Waals surface area contributed by atoms with E-state index in [1.54, 1.807) is 0 Å². The molecule has 3 heteroatoms. The zero-order valence-corrected chi connectivity index (χ0v) is 13.6. The molecule has 2 N–H and O–H groups in total. The van der Waals surface area contributed by atoms with Crippen LogP contribution in [0.5, 0.6) is 0 Å². The molecule has 1 heterocycles. The van der Waals surface area contributed by atoms with E-state index in [9.17, 15) is 0 Å². The first-order chi connectivity index (χ1) is 10.1. The number of rotatable bonds is 6. The zero-order chi connectivity index (χ0) is 15.5.